The molecule has 0 radical (unpaired) electrons. The zero-order chi connectivity index (χ0) is 8.55. The molecule has 1 aliphatic carbocycles. The largest absolute Gasteiger partial charge is 0.396 e. The molecule has 1 heterocycles. The third kappa shape index (κ3) is 1.38. The van der Waals surface area contributed by atoms with E-state index >= 15 is 0 Å². The lowest BCUT2D eigenvalue weighted by Gasteiger charge is -2.35. The zero-order valence-electron chi connectivity index (χ0n) is 7.87. The molecule has 2 atom stereocenters. The van der Waals surface area contributed by atoms with E-state index < -0.39 is 0 Å². The number of aliphatic hydroxyl groups is 1. The van der Waals surface area contributed by atoms with Gasteiger partial charge in [0.1, 0.15) is 0 Å². The summed E-state index contributed by atoms with van der Waals surface area (Å²) in [5.74, 6) is 2.62. The molecule has 70 valence electrons. The lowest BCUT2D eigenvalue weighted by atomic mass is 9.83. The van der Waals surface area contributed by atoms with Gasteiger partial charge in [-0.1, -0.05) is 0 Å². The molecule has 12 heavy (non-hydrogen) atoms. The van der Waals surface area contributed by atoms with E-state index in [1.807, 2.05) is 0 Å². The highest BCUT2D eigenvalue weighted by atomic mass is 16.3. The van der Waals surface area contributed by atoms with Gasteiger partial charge in [-0.2, -0.15) is 0 Å². The van der Waals surface area contributed by atoms with Crippen molar-refractivity contribution in [1.29, 1.82) is 0 Å². The van der Waals surface area contributed by atoms with Crippen LogP contribution in [0, 0.1) is 17.8 Å². The smallest absolute Gasteiger partial charge is 0.0433 e. The summed E-state index contributed by atoms with van der Waals surface area (Å²) in [6.07, 6.45) is 3.85. The minimum absolute atomic E-state index is 0.390. The Hall–Kier alpha value is -0.0800. The van der Waals surface area contributed by atoms with Gasteiger partial charge in [0.05, 0.1) is 0 Å². The van der Waals surface area contributed by atoms with Gasteiger partial charge in [-0.25, -0.2) is 0 Å². The SMILES string of the molecule is CN1CC2CCC(C1)C2CCO. The first-order chi connectivity index (χ1) is 5.81. The van der Waals surface area contributed by atoms with Gasteiger partial charge in [-0.05, 0) is 44.1 Å². The molecule has 1 saturated heterocycles. The van der Waals surface area contributed by atoms with E-state index in [1.54, 1.807) is 0 Å². The molecule has 2 bridgehead atoms. The quantitative estimate of drug-likeness (QED) is 0.665. The second-order valence-corrected chi connectivity index (χ2v) is 4.49. The van der Waals surface area contributed by atoms with Gasteiger partial charge in [-0.15, -0.1) is 0 Å². The van der Waals surface area contributed by atoms with Crippen molar-refractivity contribution < 1.29 is 5.11 Å². The second-order valence-electron chi connectivity index (χ2n) is 4.49. The molecule has 0 aromatic rings. The summed E-state index contributed by atoms with van der Waals surface area (Å²) in [7, 11) is 2.22. The Bertz CT molecular complexity index is 146. The van der Waals surface area contributed by atoms with Gasteiger partial charge in [0, 0.05) is 19.7 Å². The van der Waals surface area contributed by atoms with Crippen LogP contribution in [0.3, 0.4) is 0 Å². The Morgan fingerprint density at radius 3 is 2.33 bits per heavy atom. The predicted molar refractivity (Wildman–Crippen MR) is 48.9 cm³/mol. The fourth-order valence-corrected chi connectivity index (χ4v) is 3.19. The van der Waals surface area contributed by atoms with Gasteiger partial charge in [0.15, 0.2) is 0 Å². The maximum atomic E-state index is 8.93. The third-order valence-corrected chi connectivity index (χ3v) is 3.67. The van der Waals surface area contributed by atoms with Crippen LogP contribution < -0.4 is 0 Å². The van der Waals surface area contributed by atoms with Crippen LogP contribution in [0.5, 0.6) is 0 Å². The summed E-state index contributed by atoms with van der Waals surface area (Å²) in [6, 6.07) is 0. The highest BCUT2D eigenvalue weighted by Gasteiger charge is 2.39. The van der Waals surface area contributed by atoms with Crippen LogP contribution in [-0.2, 0) is 0 Å². The number of rotatable bonds is 2. The van der Waals surface area contributed by atoms with Gasteiger partial charge < -0.3 is 10.0 Å². The van der Waals surface area contributed by atoms with Gasteiger partial charge in [0.2, 0.25) is 0 Å². The normalized spacial score (nSPS) is 42.0. The van der Waals surface area contributed by atoms with Crippen molar-refractivity contribution in [3.05, 3.63) is 0 Å². The summed E-state index contributed by atoms with van der Waals surface area (Å²) >= 11 is 0. The summed E-state index contributed by atoms with van der Waals surface area (Å²) < 4.78 is 0. The monoisotopic (exact) mass is 169 g/mol. The fraction of sp³-hybridized carbons (Fsp3) is 1.00. The maximum absolute atomic E-state index is 8.93. The molecule has 0 amide bonds. The molecule has 2 unspecified atom stereocenters. The molecule has 2 heteroatoms. The zero-order valence-corrected chi connectivity index (χ0v) is 7.87. The molecule has 2 aliphatic rings. The lowest BCUT2D eigenvalue weighted by Crippen LogP contribution is -2.39. The van der Waals surface area contributed by atoms with E-state index in [9.17, 15) is 0 Å². The van der Waals surface area contributed by atoms with Crippen LogP contribution in [0.25, 0.3) is 0 Å². The average Bonchev–Trinajstić information content (AvgIpc) is 2.32. The van der Waals surface area contributed by atoms with Gasteiger partial charge in [0.25, 0.3) is 0 Å². The number of hydrogen-bond acceptors (Lipinski definition) is 2. The van der Waals surface area contributed by atoms with E-state index in [-0.39, 0.29) is 0 Å². The first-order valence-corrected chi connectivity index (χ1v) is 5.10. The van der Waals surface area contributed by atoms with Crippen LogP contribution in [0.4, 0.5) is 0 Å². The van der Waals surface area contributed by atoms with Crippen molar-refractivity contribution >= 4 is 0 Å². The molecule has 0 spiro atoms. The molecule has 2 rings (SSSR count). The van der Waals surface area contributed by atoms with Crippen molar-refractivity contribution in [2.75, 3.05) is 26.7 Å². The summed E-state index contributed by atoms with van der Waals surface area (Å²) in [5, 5.41) is 8.93. The Morgan fingerprint density at radius 2 is 1.83 bits per heavy atom. The van der Waals surface area contributed by atoms with Crippen LogP contribution in [0.1, 0.15) is 19.3 Å². The second kappa shape index (κ2) is 3.35. The number of likely N-dealkylation sites (tertiary alicyclic amines) is 1. The Balaban J connectivity index is 1.99. The topological polar surface area (TPSA) is 23.5 Å². The molecular weight excluding hydrogens is 150 g/mol. The fourth-order valence-electron chi connectivity index (χ4n) is 3.19. The van der Waals surface area contributed by atoms with Crippen molar-refractivity contribution in [1.82, 2.24) is 4.90 Å². The number of fused-ring (bicyclic) bond motifs is 2. The van der Waals surface area contributed by atoms with Crippen molar-refractivity contribution in [3.8, 4) is 0 Å². The number of nitrogens with zero attached hydrogens (tertiary/aromatic N) is 1. The number of piperidine rings is 1. The van der Waals surface area contributed by atoms with E-state index in [4.69, 9.17) is 5.11 Å². The maximum Gasteiger partial charge on any atom is 0.0433 e. The van der Waals surface area contributed by atoms with Gasteiger partial charge in [-0.3, -0.25) is 0 Å². The van der Waals surface area contributed by atoms with Crippen molar-refractivity contribution in [2.45, 2.75) is 19.3 Å². The van der Waals surface area contributed by atoms with E-state index in [1.165, 1.54) is 25.9 Å². The van der Waals surface area contributed by atoms with Gasteiger partial charge >= 0.3 is 0 Å². The van der Waals surface area contributed by atoms with E-state index in [2.05, 4.69) is 11.9 Å². The first-order valence-electron chi connectivity index (χ1n) is 5.10. The van der Waals surface area contributed by atoms with Crippen molar-refractivity contribution in [3.63, 3.8) is 0 Å². The lowest BCUT2D eigenvalue weighted by molar-refractivity contribution is 0.108. The highest BCUT2D eigenvalue weighted by Crippen LogP contribution is 2.42. The summed E-state index contributed by atoms with van der Waals surface area (Å²) in [5.41, 5.74) is 0. The predicted octanol–water partition coefficient (Wildman–Crippen LogP) is 0.957. The molecule has 2 nitrogen and oxygen atoms in total. The average molecular weight is 169 g/mol. The van der Waals surface area contributed by atoms with Crippen molar-refractivity contribution in [2.24, 2.45) is 17.8 Å². The Kier molecular flexibility index (Phi) is 2.37. The van der Waals surface area contributed by atoms with Crippen LogP contribution in [0.15, 0.2) is 0 Å². The standard InChI is InChI=1S/C10H19NO/c1-11-6-8-2-3-9(7-11)10(8)4-5-12/h8-10,12H,2-7H2,1H3. The number of hydrogen-bond donors (Lipinski definition) is 1. The first kappa shape index (κ1) is 8.52. The molecule has 1 saturated carbocycles. The van der Waals surface area contributed by atoms with E-state index in [0.29, 0.717) is 6.61 Å². The van der Waals surface area contributed by atoms with Crippen LogP contribution in [0.2, 0.25) is 0 Å². The molecule has 1 N–H and O–H groups in total. The summed E-state index contributed by atoms with van der Waals surface area (Å²) in [6.45, 7) is 2.92. The number of aliphatic hydroxyl groups excluding tert-OH is 1. The summed E-state index contributed by atoms with van der Waals surface area (Å²) in [4.78, 5) is 2.45. The Labute approximate surface area is 74.6 Å². The minimum Gasteiger partial charge on any atom is -0.396 e. The molecule has 0 aromatic heterocycles. The van der Waals surface area contributed by atoms with Crippen LogP contribution >= 0.6 is 0 Å². The molecule has 2 fully saturated rings. The molecule has 1 aliphatic heterocycles. The van der Waals surface area contributed by atoms with E-state index in [0.717, 1.165) is 24.2 Å². The molecular formula is C10H19NO. The minimum atomic E-state index is 0.390. The molecule has 0 aromatic carbocycles. The van der Waals surface area contributed by atoms with Crippen LogP contribution in [-0.4, -0.2) is 36.8 Å². The Morgan fingerprint density at radius 1 is 1.25 bits per heavy atom. The highest BCUT2D eigenvalue weighted by molar-refractivity contribution is 4.91. The third-order valence-electron chi connectivity index (χ3n) is 3.67.